The van der Waals surface area contributed by atoms with E-state index in [1.807, 2.05) is 18.2 Å². The first kappa shape index (κ1) is 9.64. The molecule has 1 aromatic carbocycles. The highest BCUT2D eigenvalue weighted by Gasteiger charge is 2.61. The van der Waals surface area contributed by atoms with Crippen LogP contribution in [-0.2, 0) is 14.9 Å². The van der Waals surface area contributed by atoms with Gasteiger partial charge in [-0.25, -0.2) is 0 Å². The molecule has 0 N–H and O–H groups in total. The Morgan fingerprint density at radius 1 is 1.38 bits per heavy atom. The highest BCUT2D eigenvalue weighted by atomic mass is 16.5. The maximum Gasteiger partial charge on any atom is 0.307 e. The number of carbonyl (C=O) groups excluding carboxylic acids is 1. The summed E-state index contributed by atoms with van der Waals surface area (Å²) < 4.78 is 5.35. The van der Waals surface area contributed by atoms with Crippen molar-refractivity contribution in [1.29, 1.82) is 0 Å². The normalized spacial score (nSPS) is 30.6. The Morgan fingerprint density at radius 2 is 2.12 bits per heavy atom. The molecule has 0 heterocycles. The summed E-state index contributed by atoms with van der Waals surface area (Å²) in [6, 6.07) is 10.4. The van der Waals surface area contributed by atoms with Crippen LogP contribution < -0.4 is 0 Å². The van der Waals surface area contributed by atoms with Gasteiger partial charge in [-0.1, -0.05) is 30.3 Å². The Balaban J connectivity index is 1.95. The van der Waals surface area contributed by atoms with Crippen LogP contribution in [0.4, 0.5) is 0 Å². The largest absolute Gasteiger partial charge is 0.431 e. The maximum atomic E-state index is 11.1. The topological polar surface area (TPSA) is 26.3 Å². The lowest BCUT2D eigenvalue weighted by molar-refractivity contribution is -0.137. The van der Waals surface area contributed by atoms with Crippen LogP contribution in [0.3, 0.4) is 0 Å². The minimum atomic E-state index is -0.214. The molecule has 0 spiro atoms. The molecule has 1 saturated carbocycles. The highest BCUT2D eigenvalue weighted by Crippen LogP contribution is 2.64. The minimum absolute atomic E-state index is 0.0208. The number of rotatable bonds is 2. The van der Waals surface area contributed by atoms with Crippen LogP contribution in [0.25, 0.3) is 0 Å². The van der Waals surface area contributed by atoms with Crippen molar-refractivity contribution in [3.05, 3.63) is 47.7 Å². The fourth-order valence-corrected chi connectivity index (χ4v) is 2.87. The van der Waals surface area contributed by atoms with Crippen LogP contribution in [-0.4, -0.2) is 5.97 Å². The van der Waals surface area contributed by atoms with Gasteiger partial charge in [0.2, 0.25) is 0 Å². The van der Waals surface area contributed by atoms with Crippen LogP contribution in [0.15, 0.2) is 42.2 Å². The zero-order chi connectivity index (χ0) is 11.2. The SMILES string of the molecule is CC(=O)OC1=CC[C@@H]2C[C@]12c1ccccc1. The van der Waals surface area contributed by atoms with Gasteiger partial charge in [0.25, 0.3) is 0 Å². The third-order valence-corrected chi connectivity index (χ3v) is 3.68. The molecule has 0 aromatic heterocycles. The third kappa shape index (κ3) is 1.22. The molecule has 16 heavy (non-hydrogen) atoms. The Labute approximate surface area is 94.9 Å². The lowest BCUT2D eigenvalue weighted by atomic mass is 9.94. The molecule has 0 radical (unpaired) electrons. The van der Waals surface area contributed by atoms with Gasteiger partial charge in [-0.15, -0.1) is 0 Å². The molecular formula is C14H14O2. The van der Waals surface area contributed by atoms with Crippen molar-refractivity contribution in [3.63, 3.8) is 0 Å². The fourth-order valence-electron chi connectivity index (χ4n) is 2.87. The zero-order valence-corrected chi connectivity index (χ0v) is 9.27. The zero-order valence-electron chi connectivity index (χ0n) is 9.27. The molecule has 82 valence electrons. The summed E-state index contributed by atoms with van der Waals surface area (Å²) in [4.78, 5) is 11.1. The lowest BCUT2D eigenvalue weighted by Crippen LogP contribution is -2.14. The van der Waals surface area contributed by atoms with Crippen LogP contribution in [0.1, 0.15) is 25.3 Å². The monoisotopic (exact) mass is 214 g/mol. The Kier molecular flexibility index (Phi) is 1.93. The molecule has 0 unspecified atom stereocenters. The summed E-state index contributed by atoms with van der Waals surface area (Å²) in [5.41, 5.74) is 1.30. The van der Waals surface area contributed by atoms with Crippen molar-refractivity contribution in [2.24, 2.45) is 5.92 Å². The maximum absolute atomic E-state index is 11.1. The molecule has 2 aliphatic carbocycles. The number of ether oxygens (including phenoxy) is 1. The highest BCUT2D eigenvalue weighted by molar-refractivity contribution is 5.68. The lowest BCUT2D eigenvalue weighted by Gasteiger charge is -2.17. The Bertz CT molecular complexity index is 461. The summed E-state index contributed by atoms with van der Waals surface area (Å²) >= 11 is 0. The molecule has 3 rings (SSSR count). The summed E-state index contributed by atoms with van der Waals surface area (Å²) in [6.07, 6.45) is 4.23. The van der Waals surface area contributed by atoms with E-state index in [4.69, 9.17) is 4.74 Å². The average molecular weight is 214 g/mol. The average Bonchev–Trinajstić information content (AvgIpc) is 2.93. The van der Waals surface area contributed by atoms with Gasteiger partial charge in [0.1, 0.15) is 5.76 Å². The van der Waals surface area contributed by atoms with Crippen molar-refractivity contribution >= 4 is 5.97 Å². The summed E-state index contributed by atoms with van der Waals surface area (Å²) in [7, 11) is 0. The molecule has 0 saturated heterocycles. The van der Waals surface area contributed by atoms with E-state index in [0.717, 1.165) is 18.6 Å². The number of esters is 1. The molecule has 1 fully saturated rings. The summed E-state index contributed by atoms with van der Waals surface area (Å²) in [6.45, 7) is 1.47. The molecule has 0 bridgehead atoms. The van der Waals surface area contributed by atoms with E-state index in [-0.39, 0.29) is 11.4 Å². The smallest absolute Gasteiger partial charge is 0.307 e. The number of hydrogen-bond donors (Lipinski definition) is 0. The molecule has 0 amide bonds. The second-order valence-corrected chi connectivity index (χ2v) is 4.64. The van der Waals surface area contributed by atoms with Gasteiger partial charge in [0, 0.05) is 6.92 Å². The molecule has 2 nitrogen and oxygen atoms in total. The van der Waals surface area contributed by atoms with Gasteiger partial charge in [-0.2, -0.15) is 0 Å². The van der Waals surface area contributed by atoms with Crippen molar-refractivity contribution in [2.45, 2.75) is 25.2 Å². The van der Waals surface area contributed by atoms with Crippen molar-refractivity contribution in [2.75, 3.05) is 0 Å². The fraction of sp³-hybridized carbons (Fsp3) is 0.357. The molecule has 2 aliphatic rings. The number of hydrogen-bond acceptors (Lipinski definition) is 2. The van der Waals surface area contributed by atoms with E-state index < -0.39 is 0 Å². The molecule has 1 aromatic rings. The summed E-state index contributed by atoms with van der Waals surface area (Å²) in [5.74, 6) is 1.30. The Morgan fingerprint density at radius 3 is 2.75 bits per heavy atom. The second kappa shape index (κ2) is 3.21. The summed E-state index contributed by atoms with van der Waals surface area (Å²) in [5, 5.41) is 0. The molecule has 2 atom stereocenters. The third-order valence-electron chi connectivity index (χ3n) is 3.68. The van der Waals surface area contributed by atoms with Gasteiger partial charge in [-0.3, -0.25) is 4.79 Å². The van der Waals surface area contributed by atoms with Gasteiger partial charge in [0.15, 0.2) is 0 Å². The van der Waals surface area contributed by atoms with E-state index in [2.05, 4.69) is 18.2 Å². The standard InChI is InChI=1S/C14H14O2/c1-10(15)16-13-8-7-12-9-14(12,13)11-5-3-2-4-6-11/h2-6,8,12H,7,9H2,1H3/t12-,14-/m1/s1. The van der Waals surface area contributed by atoms with E-state index in [0.29, 0.717) is 5.92 Å². The van der Waals surface area contributed by atoms with Crippen molar-refractivity contribution in [1.82, 2.24) is 0 Å². The van der Waals surface area contributed by atoms with E-state index in [1.165, 1.54) is 12.5 Å². The molecular weight excluding hydrogens is 200 g/mol. The minimum Gasteiger partial charge on any atom is -0.431 e. The quantitative estimate of drug-likeness (QED) is 0.707. The van der Waals surface area contributed by atoms with Crippen LogP contribution in [0.5, 0.6) is 0 Å². The van der Waals surface area contributed by atoms with Gasteiger partial charge < -0.3 is 4.74 Å². The van der Waals surface area contributed by atoms with Gasteiger partial charge in [-0.05, 0) is 30.4 Å². The van der Waals surface area contributed by atoms with Gasteiger partial charge >= 0.3 is 5.97 Å². The van der Waals surface area contributed by atoms with E-state index >= 15 is 0 Å². The number of benzene rings is 1. The Hall–Kier alpha value is -1.57. The van der Waals surface area contributed by atoms with E-state index in [9.17, 15) is 4.79 Å². The first-order valence-corrected chi connectivity index (χ1v) is 5.68. The molecule has 2 heteroatoms. The van der Waals surface area contributed by atoms with E-state index in [1.54, 1.807) is 0 Å². The second-order valence-electron chi connectivity index (χ2n) is 4.64. The molecule has 0 aliphatic heterocycles. The predicted molar refractivity (Wildman–Crippen MR) is 60.7 cm³/mol. The first-order valence-electron chi connectivity index (χ1n) is 5.68. The first-order chi connectivity index (χ1) is 7.73. The van der Waals surface area contributed by atoms with Crippen LogP contribution >= 0.6 is 0 Å². The van der Waals surface area contributed by atoms with Crippen molar-refractivity contribution in [3.8, 4) is 0 Å². The van der Waals surface area contributed by atoms with Gasteiger partial charge in [0.05, 0.1) is 5.41 Å². The van der Waals surface area contributed by atoms with Crippen LogP contribution in [0, 0.1) is 5.92 Å². The number of allylic oxidation sites excluding steroid dienone is 2. The predicted octanol–water partition coefficient (Wildman–Crippen LogP) is 2.80. The van der Waals surface area contributed by atoms with Crippen molar-refractivity contribution < 1.29 is 9.53 Å². The number of fused-ring (bicyclic) bond motifs is 1. The van der Waals surface area contributed by atoms with Crippen LogP contribution in [0.2, 0.25) is 0 Å². The number of carbonyl (C=O) groups is 1.